The Morgan fingerprint density at radius 2 is 1.95 bits per heavy atom. The molecule has 0 saturated carbocycles. The number of benzene rings is 1. The fourth-order valence-corrected chi connectivity index (χ4v) is 3.20. The lowest BCUT2D eigenvalue weighted by atomic mass is 10.2. The van der Waals surface area contributed by atoms with Gasteiger partial charge in [0.05, 0.1) is 10.5 Å². The van der Waals surface area contributed by atoms with Gasteiger partial charge >= 0.3 is 5.97 Å². The number of hydrogen-bond donors (Lipinski definition) is 1. The summed E-state index contributed by atoms with van der Waals surface area (Å²) in [6.07, 6.45) is 0. The molecule has 0 aliphatic carbocycles. The molecule has 0 bridgehead atoms. The van der Waals surface area contributed by atoms with Crippen LogP contribution in [0.2, 0.25) is 10.3 Å². The molecular weight excluding hydrogens is 375 g/mol. The van der Waals surface area contributed by atoms with Crippen molar-refractivity contribution >= 4 is 56.9 Å². The number of carboxylic acids is 1. The highest BCUT2D eigenvalue weighted by atomic mass is 79.9. The second-order valence-electron chi connectivity index (χ2n) is 3.37. The quantitative estimate of drug-likeness (QED) is 0.856. The molecule has 0 aliphatic heterocycles. The average molecular weight is 380 g/mol. The molecule has 2 aromatic rings. The zero-order valence-electron chi connectivity index (χ0n) is 9.10. The van der Waals surface area contributed by atoms with Crippen molar-refractivity contribution < 1.29 is 9.90 Å². The number of nitrogens with zero attached hydrogens (tertiary/aromatic N) is 2. The highest BCUT2D eigenvalue weighted by molar-refractivity contribution is 9.10. The van der Waals surface area contributed by atoms with Crippen molar-refractivity contribution in [2.24, 2.45) is 0 Å². The van der Waals surface area contributed by atoms with Crippen LogP contribution in [-0.2, 0) is 0 Å². The average Bonchev–Trinajstić information content (AvgIpc) is 2.33. The fourth-order valence-electron chi connectivity index (χ4n) is 1.28. The molecule has 0 saturated heterocycles. The van der Waals surface area contributed by atoms with Gasteiger partial charge in [0, 0.05) is 9.37 Å². The van der Waals surface area contributed by atoms with E-state index in [4.69, 9.17) is 28.3 Å². The fraction of sp³-hybridized carbons (Fsp3) is 0. The Kier molecular flexibility index (Phi) is 4.67. The second kappa shape index (κ2) is 6.09. The Labute approximate surface area is 131 Å². The molecule has 0 amide bonds. The predicted octanol–water partition coefficient (Wildman–Crippen LogP) is 4.40. The number of halogens is 3. The molecule has 0 fully saturated rings. The molecule has 1 heterocycles. The van der Waals surface area contributed by atoms with Crippen molar-refractivity contribution in [1.82, 2.24) is 10.2 Å². The molecule has 19 heavy (non-hydrogen) atoms. The van der Waals surface area contributed by atoms with Crippen LogP contribution in [0.3, 0.4) is 0 Å². The second-order valence-corrected chi connectivity index (χ2v) is 6.11. The molecule has 1 aromatic heterocycles. The number of rotatable bonds is 3. The number of hydrogen-bond acceptors (Lipinski definition) is 4. The normalized spacial score (nSPS) is 10.5. The Bertz CT molecular complexity index is 655. The van der Waals surface area contributed by atoms with Gasteiger partial charge in [0.1, 0.15) is 0 Å². The number of aromatic carboxylic acids is 1. The van der Waals surface area contributed by atoms with Crippen LogP contribution < -0.4 is 0 Å². The summed E-state index contributed by atoms with van der Waals surface area (Å²) in [4.78, 5) is 12.2. The molecule has 2 rings (SSSR count). The monoisotopic (exact) mass is 378 g/mol. The van der Waals surface area contributed by atoms with Gasteiger partial charge in [0.25, 0.3) is 0 Å². The summed E-state index contributed by atoms with van der Waals surface area (Å²) in [7, 11) is 0. The first kappa shape index (κ1) is 14.6. The van der Waals surface area contributed by atoms with E-state index in [1.807, 2.05) is 0 Å². The van der Waals surface area contributed by atoms with E-state index in [9.17, 15) is 4.79 Å². The minimum Gasteiger partial charge on any atom is -0.478 e. The molecule has 0 unspecified atom stereocenters. The SMILES string of the molecule is O=C(O)c1ccc(Br)cc1Sc1cc(Cl)nnc1Cl. The standard InChI is InChI=1S/C11H5BrCl2N2O2S/c12-5-1-2-6(11(17)18)7(3-5)19-8-4-9(13)15-16-10(8)14/h1-4H,(H,17,18). The summed E-state index contributed by atoms with van der Waals surface area (Å²) in [5, 5.41) is 16.8. The van der Waals surface area contributed by atoms with Crippen LogP contribution in [0.5, 0.6) is 0 Å². The van der Waals surface area contributed by atoms with Gasteiger partial charge in [-0.3, -0.25) is 0 Å². The first-order chi connectivity index (χ1) is 8.97. The molecule has 0 atom stereocenters. The Balaban J connectivity index is 2.45. The number of aromatic nitrogens is 2. The van der Waals surface area contributed by atoms with E-state index in [0.717, 1.165) is 4.47 Å². The largest absolute Gasteiger partial charge is 0.478 e. The summed E-state index contributed by atoms with van der Waals surface area (Å²) in [6.45, 7) is 0. The number of carbonyl (C=O) groups is 1. The van der Waals surface area contributed by atoms with Crippen LogP contribution in [0, 0.1) is 0 Å². The maximum atomic E-state index is 11.2. The van der Waals surface area contributed by atoms with E-state index in [-0.39, 0.29) is 15.9 Å². The van der Waals surface area contributed by atoms with E-state index >= 15 is 0 Å². The van der Waals surface area contributed by atoms with Gasteiger partial charge < -0.3 is 5.11 Å². The smallest absolute Gasteiger partial charge is 0.336 e. The van der Waals surface area contributed by atoms with Crippen molar-refractivity contribution in [3.8, 4) is 0 Å². The van der Waals surface area contributed by atoms with Crippen molar-refractivity contribution in [2.75, 3.05) is 0 Å². The lowest BCUT2D eigenvalue weighted by Gasteiger charge is -2.07. The first-order valence-electron chi connectivity index (χ1n) is 4.87. The van der Waals surface area contributed by atoms with Crippen molar-refractivity contribution in [2.45, 2.75) is 9.79 Å². The zero-order chi connectivity index (χ0) is 14.0. The highest BCUT2D eigenvalue weighted by Crippen LogP contribution is 2.36. The molecular formula is C11H5BrCl2N2O2S. The van der Waals surface area contributed by atoms with E-state index in [1.165, 1.54) is 23.9 Å². The minimum atomic E-state index is -1.01. The molecule has 8 heteroatoms. The van der Waals surface area contributed by atoms with Crippen LogP contribution in [0.4, 0.5) is 0 Å². The van der Waals surface area contributed by atoms with E-state index in [1.54, 1.807) is 12.1 Å². The van der Waals surface area contributed by atoms with Crippen LogP contribution >= 0.6 is 50.9 Å². The van der Waals surface area contributed by atoms with E-state index in [2.05, 4.69) is 26.1 Å². The third kappa shape index (κ3) is 3.60. The third-order valence-corrected chi connectivity index (χ3v) is 4.24. The molecule has 0 spiro atoms. The summed E-state index contributed by atoms with van der Waals surface area (Å²) >= 11 is 16.1. The Hall–Kier alpha value is -0.820. The van der Waals surface area contributed by atoms with Crippen LogP contribution in [0.25, 0.3) is 0 Å². The molecule has 0 aliphatic rings. The van der Waals surface area contributed by atoms with Crippen molar-refractivity contribution in [3.05, 3.63) is 44.6 Å². The van der Waals surface area contributed by atoms with Gasteiger partial charge in [-0.15, -0.1) is 10.2 Å². The summed E-state index contributed by atoms with van der Waals surface area (Å²) in [6, 6.07) is 6.40. The summed E-state index contributed by atoms with van der Waals surface area (Å²) in [5.41, 5.74) is 0.178. The minimum absolute atomic E-state index is 0.172. The zero-order valence-corrected chi connectivity index (χ0v) is 13.0. The predicted molar refractivity (Wildman–Crippen MR) is 77.3 cm³/mol. The van der Waals surface area contributed by atoms with Crippen LogP contribution in [-0.4, -0.2) is 21.3 Å². The van der Waals surface area contributed by atoms with Gasteiger partial charge in [0.15, 0.2) is 10.3 Å². The lowest BCUT2D eigenvalue weighted by molar-refractivity contribution is 0.0693. The van der Waals surface area contributed by atoms with Gasteiger partial charge in [-0.1, -0.05) is 50.9 Å². The van der Waals surface area contributed by atoms with Crippen molar-refractivity contribution in [3.63, 3.8) is 0 Å². The van der Waals surface area contributed by atoms with Gasteiger partial charge in [-0.2, -0.15) is 0 Å². The van der Waals surface area contributed by atoms with Gasteiger partial charge in [-0.25, -0.2) is 4.79 Å². The Morgan fingerprint density at radius 1 is 1.21 bits per heavy atom. The van der Waals surface area contributed by atoms with Gasteiger partial charge in [0.2, 0.25) is 0 Å². The van der Waals surface area contributed by atoms with Crippen molar-refractivity contribution in [1.29, 1.82) is 0 Å². The van der Waals surface area contributed by atoms with Crippen LogP contribution in [0.15, 0.2) is 38.5 Å². The molecule has 4 nitrogen and oxygen atoms in total. The van der Waals surface area contributed by atoms with E-state index in [0.29, 0.717) is 9.79 Å². The molecule has 1 aromatic carbocycles. The maximum Gasteiger partial charge on any atom is 0.336 e. The topological polar surface area (TPSA) is 63.1 Å². The molecule has 0 radical (unpaired) electrons. The van der Waals surface area contributed by atoms with Gasteiger partial charge in [-0.05, 0) is 24.3 Å². The first-order valence-corrected chi connectivity index (χ1v) is 7.23. The third-order valence-electron chi connectivity index (χ3n) is 2.08. The van der Waals surface area contributed by atoms with Crippen LogP contribution in [0.1, 0.15) is 10.4 Å². The lowest BCUT2D eigenvalue weighted by Crippen LogP contribution is -1.98. The Morgan fingerprint density at radius 3 is 2.63 bits per heavy atom. The summed E-state index contributed by atoms with van der Waals surface area (Å²) in [5.74, 6) is -1.01. The molecule has 98 valence electrons. The van der Waals surface area contributed by atoms with E-state index < -0.39 is 5.97 Å². The highest BCUT2D eigenvalue weighted by Gasteiger charge is 2.14. The summed E-state index contributed by atoms with van der Waals surface area (Å²) < 4.78 is 0.768. The maximum absolute atomic E-state index is 11.2. The molecule has 1 N–H and O–H groups in total. The number of carboxylic acid groups (broad SMARTS) is 1.